The van der Waals surface area contributed by atoms with Crippen LogP contribution in [0.2, 0.25) is 0 Å². The highest BCUT2D eigenvalue weighted by molar-refractivity contribution is 8.01. The van der Waals surface area contributed by atoms with Crippen molar-refractivity contribution in [1.82, 2.24) is 0 Å². The molecule has 0 aromatic carbocycles. The van der Waals surface area contributed by atoms with Crippen LogP contribution in [-0.2, 0) is 28.5 Å². The highest BCUT2D eigenvalue weighted by Crippen LogP contribution is 2.38. The van der Waals surface area contributed by atoms with Crippen LogP contribution in [0.1, 0.15) is 116 Å². The molecule has 2 saturated carbocycles. The van der Waals surface area contributed by atoms with E-state index in [0.717, 1.165) is 122 Å². The van der Waals surface area contributed by atoms with Gasteiger partial charge in [-0.3, -0.25) is 0 Å². The Morgan fingerprint density at radius 3 is 1.52 bits per heavy atom. The molecule has 46 heavy (non-hydrogen) atoms. The van der Waals surface area contributed by atoms with Crippen LogP contribution in [0.25, 0.3) is 0 Å². The molecule has 0 amide bonds. The van der Waals surface area contributed by atoms with Crippen molar-refractivity contribution in [3.63, 3.8) is 0 Å². The van der Waals surface area contributed by atoms with Crippen molar-refractivity contribution < 1.29 is 28.5 Å². The quantitative estimate of drug-likeness (QED) is 0.0638. The number of unbranched alkanes of at least 4 members (excludes halogenated alkanes) is 6. The second-order valence-corrected chi connectivity index (χ2v) is 14.4. The van der Waals surface area contributed by atoms with Gasteiger partial charge in [0.15, 0.2) is 0 Å². The standard InChI is InChI=1S/C39H58O6S/c1-4-38(40)44-28-12-8-6-10-26-42-34-20-14-32(15-21-34)18-24-36-30-31(3)37(46-36)25-19-33-16-22-35(23-17-33)43-27-11-7-9-13-29-45-39(41)5-2/h4-5,31-37H,1-2,6-17,20-23,26-30H2,3H3. The molecular formula is C39H58O6S. The number of rotatable bonds is 18. The largest absolute Gasteiger partial charge is 0.463 e. The molecular weight excluding hydrogens is 596 g/mol. The molecule has 0 aromatic heterocycles. The van der Waals surface area contributed by atoms with Crippen molar-refractivity contribution in [2.45, 2.75) is 139 Å². The summed E-state index contributed by atoms with van der Waals surface area (Å²) < 4.78 is 22.3. The average Bonchev–Trinajstić information content (AvgIpc) is 3.44. The molecule has 0 bridgehead atoms. The van der Waals surface area contributed by atoms with Gasteiger partial charge in [-0.15, -0.1) is 11.8 Å². The van der Waals surface area contributed by atoms with E-state index < -0.39 is 0 Å². The maximum absolute atomic E-state index is 11.0. The highest BCUT2D eigenvalue weighted by Gasteiger charge is 2.30. The lowest BCUT2D eigenvalue weighted by atomic mass is 9.87. The molecule has 3 unspecified atom stereocenters. The van der Waals surface area contributed by atoms with Gasteiger partial charge in [0.1, 0.15) is 0 Å². The van der Waals surface area contributed by atoms with Crippen LogP contribution < -0.4 is 0 Å². The van der Waals surface area contributed by atoms with Gasteiger partial charge >= 0.3 is 11.9 Å². The van der Waals surface area contributed by atoms with E-state index in [1.165, 1.54) is 12.2 Å². The molecule has 3 rings (SSSR count). The SMILES string of the molecule is C=CC(=O)OCCCCCCOC1CCC(C#CC2CC(C)C(C#CC3CCC(OCCCCCCOC(=O)C=C)CC3)S2)CC1. The Balaban J connectivity index is 1.20. The number of hydrogen-bond donors (Lipinski definition) is 0. The predicted molar refractivity (Wildman–Crippen MR) is 187 cm³/mol. The van der Waals surface area contributed by atoms with E-state index in [9.17, 15) is 9.59 Å². The number of esters is 2. The zero-order valence-electron chi connectivity index (χ0n) is 28.3. The van der Waals surface area contributed by atoms with Crippen molar-refractivity contribution in [2.75, 3.05) is 26.4 Å². The summed E-state index contributed by atoms with van der Waals surface area (Å²) in [5, 5.41) is 0.815. The van der Waals surface area contributed by atoms with E-state index in [2.05, 4.69) is 43.8 Å². The fourth-order valence-electron chi connectivity index (χ4n) is 6.33. The third-order valence-electron chi connectivity index (χ3n) is 9.25. The molecule has 1 aliphatic heterocycles. The van der Waals surface area contributed by atoms with Crippen molar-refractivity contribution in [3.8, 4) is 23.7 Å². The normalized spacial score (nSPS) is 27.4. The van der Waals surface area contributed by atoms with Crippen molar-refractivity contribution in [1.29, 1.82) is 0 Å². The van der Waals surface area contributed by atoms with Gasteiger partial charge in [-0.2, -0.15) is 0 Å². The second kappa shape index (κ2) is 23.2. The lowest BCUT2D eigenvalue weighted by molar-refractivity contribution is -0.138. The number of ether oxygens (including phenoxy) is 4. The Bertz CT molecular complexity index is 1030. The smallest absolute Gasteiger partial charge is 0.330 e. The number of carbonyl (C=O) groups excluding carboxylic acids is 2. The van der Waals surface area contributed by atoms with Gasteiger partial charge in [0.2, 0.25) is 0 Å². The summed E-state index contributed by atoms with van der Waals surface area (Å²) in [6.07, 6.45) is 21.6. The maximum atomic E-state index is 11.0. The van der Waals surface area contributed by atoms with Crippen molar-refractivity contribution in [2.24, 2.45) is 17.8 Å². The van der Waals surface area contributed by atoms with Gasteiger partial charge in [-0.1, -0.05) is 56.6 Å². The summed E-state index contributed by atoms with van der Waals surface area (Å²) in [5.41, 5.74) is 0. The lowest BCUT2D eigenvalue weighted by Gasteiger charge is -2.26. The molecule has 3 atom stereocenters. The minimum absolute atomic E-state index is 0.339. The van der Waals surface area contributed by atoms with Crippen molar-refractivity contribution >= 4 is 23.7 Å². The molecule has 256 valence electrons. The van der Waals surface area contributed by atoms with E-state index in [1.54, 1.807) is 0 Å². The molecule has 0 radical (unpaired) electrons. The second-order valence-electron chi connectivity index (χ2n) is 13.1. The van der Waals surface area contributed by atoms with E-state index >= 15 is 0 Å². The van der Waals surface area contributed by atoms with Gasteiger partial charge in [-0.05, 0) is 102 Å². The Kier molecular flexibility index (Phi) is 19.3. The molecule has 0 N–H and O–H groups in total. The molecule has 6 nitrogen and oxygen atoms in total. The first-order valence-corrected chi connectivity index (χ1v) is 18.9. The molecule has 2 aliphatic carbocycles. The lowest BCUT2D eigenvalue weighted by Crippen LogP contribution is -2.21. The minimum atomic E-state index is -0.339. The Morgan fingerprint density at radius 1 is 0.630 bits per heavy atom. The van der Waals surface area contributed by atoms with E-state index in [-0.39, 0.29) is 11.9 Å². The topological polar surface area (TPSA) is 71.1 Å². The van der Waals surface area contributed by atoms with Gasteiger partial charge in [0, 0.05) is 37.2 Å². The van der Waals surface area contributed by atoms with Crippen molar-refractivity contribution in [3.05, 3.63) is 25.3 Å². The third-order valence-corrected chi connectivity index (χ3v) is 10.8. The Morgan fingerprint density at radius 2 is 1.07 bits per heavy atom. The first-order valence-electron chi connectivity index (χ1n) is 18.0. The number of thioether (sulfide) groups is 1. The van der Waals surface area contributed by atoms with Crippen LogP contribution >= 0.6 is 11.8 Å². The van der Waals surface area contributed by atoms with E-state index in [0.29, 0.717) is 53.7 Å². The summed E-state index contributed by atoms with van der Waals surface area (Å²) in [6, 6.07) is 0. The molecule has 0 spiro atoms. The highest BCUT2D eigenvalue weighted by atomic mass is 32.2. The molecule has 7 heteroatoms. The molecule has 3 aliphatic rings. The molecule has 3 fully saturated rings. The zero-order chi connectivity index (χ0) is 32.8. The van der Waals surface area contributed by atoms with Gasteiger partial charge in [-0.25, -0.2) is 9.59 Å². The third kappa shape index (κ3) is 16.1. The Hall–Kier alpha value is -2.19. The van der Waals surface area contributed by atoms with Crippen LogP contribution in [0.15, 0.2) is 25.3 Å². The van der Waals surface area contributed by atoms with Gasteiger partial charge < -0.3 is 18.9 Å². The predicted octanol–water partition coefficient (Wildman–Crippen LogP) is 8.23. The van der Waals surface area contributed by atoms with Gasteiger partial charge in [0.25, 0.3) is 0 Å². The summed E-state index contributed by atoms with van der Waals surface area (Å²) in [5.74, 6) is 15.5. The zero-order valence-corrected chi connectivity index (χ0v) is 29.1. The maximum Gasteiger partial charge on any atom is 0.330 e. The van der Waals surface area contributed by atoms with Crippen LogP contribution in [0.4, 0.5) is 0 Å². The number of carbonyl (C=O) groups is 2. The van der Waals surface area contributed by atoms with Crippen LogP contribution in [0, 0.1) is 41.4 Å². The molecule has 1 saturated heterocycles. The average molecular weight is 655 g/mol. The first kappa shape index (κ1) is 38.3. The summed E-state index contributed by atoms with van der Waals surface area (Å²) in [7, 11) is 0. The summed E-state index contributed by atoms with van der Waals surface area (Å²) in [4.78, 5) is 22.1. The van der Waals surface area contributed by atoms with Crippen LogP contribution in [0.5, 0.6) is 0 Å². The van der Waals surface area contributed by atoms with Crippen LogP contribution in [-0.4, -0.2) is 61.1 Å². The minimum Gasteiger partial charge on any atom is -0.463 e. The molecule has 1 heterocycles. The van der Waals surface area contributed by atoms with E-state index in [4.69, 9.17) is 18.9 Å². The van der Waals surface area contributed by atoms with E-state index in [1.807, 2.05) is 11.8 Å². The first-order chi connectivity index (χ1) is 22.5. The van der Waals surface area contributed by atoms with Crippen LogP contribution in [0.3, 0.4) is 0 Å². The fourth-order valence-corrected chi connectivity index (χ4v) is 7.75. The number of hydrogen-bond acceptors (Lipinski definition) is 7. The fraction of sp³-hybridized carbons (Fsp3) is 0.744. The summed E-state index contributed by atoms with van der Waals surface area (Å²) >= 11 is 1.99. The van der Waals surface area contributed by atoms with Gasteiger partial charge in [0.05, 0.1) is 35.9 Å². The Labute approximate surface area is 283 Å². The monoisotopic (exact) mass is 654 g/mol. The molecule has 0 aromatic rings. The summed E-state index contributed by atoms with van der Waals surface area (Å²) in [6.45, 7) is 11.7.